The first-order valence-corrected chi connectivity index (χ1v) is 12.5. The summed E-state index contributed by atoms with van der Waals surface area (Å²) < 4.78 is 20.4. The zero-order valence-electron chi connectivity index (χ0n) is 20.1. The van der Waals surface area contributed by atoms with Crippen molar-refractivity contribution in [3.63, 3.8) is 0 Å². The highest BCUT2D eigenvalue weighted by molar-refractivity contribution is 5.30. The molecule has 1 unspecified atom stereocenters. The molecule has 0 saturated carbocycles. The van der Waals surface area contributed by atoms with Crippen LogP contribution in [0.3, 0.4) is 0 Å². The largest absolute Gasteiger partial charge is 0.396 e. The Kier molecular flexibility index (Phi) is 8.83. The molecule has 4 rings (SSSR count). The van der Waals surface area contributed by atoms with Crippen LogP contribution in [-0.4, -0.2) is 70.7 Å². The van der Waals surface area contributed by atoms with Gasteiger partial charge in [-0.25, -0.2) is 14.4 Å². The van der Waals surface area contributed by atoms with Crippen LogP contribution in [0, 0.1) is 17.7 Å². The lowest BCUT2D eigenvalue weighted by Crippen LogP contribution is -2.54. The summed E-state index contributed by atoms with van der Waals surface area (Å²) in [5, 5.41) is 19.4. The van der Waals surface area contributed by atoms with Crippen LogP contribution in [0.5, 0.6) is 0 Å². The number of piperidine rings is 1. The zero-order valence-corrected chi connectivity index (χ0v) is 20.1. The zero-order chi connectivity index (χ0) is 23.9. The van der Waals surface area contributed by atoms with E-state index in [4.69, 9.17) is 9.84 Å². The molecule has 2 N–H and O–H groups in total. The van der Waals surface area contributed by atoms with Gasteiger partial charge in [0.15, 0.2) is 0 Å². The molecule has 0 amide bonds. The molecule has 0 radical (unpaired) electrons. The van der Waals surface area contributed by atoms with Crippen LogP contribution in [0.4, 0.5) is 10.3 Å². The quantitative estimate of drug-likeness (QED) is 0.487. The van der Waals surface area contributed by atoms with Gasteiger partial charge >= 0.3 is 0 Å². The highest BCUT2D eigenvalue weighted by Gasteiger charge is 2.31. The van der Waals surface area contributed by atoms with E-state index in [9.17, 15) is 9.50 Å². The van der Waals surface area contributed by atoms with E-state index in [1.54, 1.807) is 6.07 Å². The average Bonchev–Trinajstić information content (AvgIpc) is 2.83. The third-order valence-corrected chi connectivity index (χ3v) is 7.12. The molecule has 3 heterocycles. The molecular weight excluding hydrogens is 435 g/mol. The van der Waals surface area contributed by atoms with Gasteiger partial charge in [0.1, 0.15) is 12.0 Å². The summed E-state index contributed by atoms with van der Waals surface area (Å²) >= 11 is 0. The lowest BCUT2D eigenvalue weighted by Gasteiger charge is -2.41. The van der Waals surface area contributed by atoms with Crippen molar-refractivity contribution < 1.29 is 19.3 Å². The highest BCUT2D eigenvalue weighted by atomic mass is 19.1. The molecule has 2 aliphatic heterocycles. The first-order chi connectivity index (χ1) is 16.6. The Bertz CT molecular complexity index is 899. The molecule has 34 heavy (non-hydrogen) atoms. The van der Waals surface area contributed by atoms with Crippen LogP contribution in [0.2, 0.25) is 0 Å². The fourth-order valence-corrected chi connectivity index (χ4v) is 4.70. The molecule has 1 aromatic carbocycles. The van der Waals surface area contributed by atoms with Crippen LogP contribution >= 0.6 is 0 Å². The molecule has 0 spiro atoms. The van der Waals surface area contributed by atoms with E-state index in [1.165, 1.54) is 6.07 Å². The minimum atomic E-state index is -0.715. The average molecular weight is 473 g/mol. The number of aryl methyl sites for hydroxylation is 1. The number of nitrogens with zero attached hydrogens (tertiary/aromatic N) is 4. The highest BCUT2D eigenvalue weighted by Crippen LogP contribution is 2.24. The maximum atomic E-state index is 14.5. The predicted octanol–water partition coefficient (Wildman–Crippen LogP) is 2.79. The van der Waals surface area contributed by atoms with E-state index < -0.39 is 6.23 Å². The first kappa shape index (κ1) is 25.0. The van der Waals surface area contributed by atoms with Gasteiger partial charge in [0.05, 0.1) is 6.61 Å². The molecule has 7 nitrogen and oxygen atoms in total. The number of hydrogen-bond acceptors (Lipinski definition) is 7. The number of aliphatic hydroxyl groups excluding tert-OH is 2. The number of benzene rings is 1. The number of aromatic nitrogens is 2. The van der Waals surface area contributed by atoms with Crippen molar-refractivity contribution in [2.45, 2.75) is 51.9 Å². The summed E-state index contributed by atoms with van der Waals surface area (Å²) in [4.78, 5) is 13.1. The lowest BCUT2D eigenvalue weighted by molar-refractivity contribution is -0.0753. The van der Waals surface area contributed by atoms with Crippen molar-refractivity contribution in [3.8, 4) is 0 Å². The predicted molar refractivity (Wildman–Crippen MR) is 129 cm³/mol. The van der Waals surface area contributed by atoms with E-state index in [2.05, 4.69) is 21.8 Å². The summed E-state index contributed by atoms with van der Waals surface area (Å²) in [7, 11) is 0. The number of likely N-dealkylation sites (tertiary alicyclic amines) is 1. The number of ether oxygens (including phenoxy) is 1. The second-order valence-electron chi connectivity index (χ2n) is 9.63. The van der Waals surface area contributed by atoms with E-state index >= 15 is 0 Å². The molecule has 186 valence electrons. The van der Waals surface area contributed by atoms with Crippen molar-refractivity contribution in [1.29, 1.82) is 0 Å². The van der Waals surface area contributed by atoms with Crippen LogP contribution in [0.1, 0.15) is 42.9 Å². The van der Waals surface area contributed by atoms with Crippen LogP contribution in [0.25, 0.3) is 0 Å². The third-order valence-electron chi connectivity index (χ3n) is 7.12. The van der Waals surface area contributed by atoms with E-state index in [0.29, 0.717) is 37.8 Å². The van der Waals surface area contributed by atoms with Crippen molar-refractivity contribution >= 4 is 5.95 Å². The minimum absolute atomic E-state index is 0.133. The summed E-state index contributed by atoms with van der Waals surface area (Å²) in [6.45, 7) is 6.53. The van der Waals surface area contributed by atoms with Gasteiger partial charge < -0.3 is 19.8 Å². The standard InChI is InChI=1S/C26H37FN4O3/c1-2-19-13-28-26(29-14-19)30-8-5-20(6-9-30)7-10-34-18-21-3-4-23(24(27)11-21)12-25(33)31-15-22(16-31)17-32/h3-4,11,13-14,20,22,25,32-33H,2,5-10,12,15-18H2,1H3. The summed E-state index contributed by atoms with van der Waals surface area (Å²) in [5.41, 5.74) is 2.47. The molecule has 2 fully saturated rings. The van der Waals surface area contributed by atoms with Crippen molar-refractivity contribution in [1.82, 2.24) is 14.9 Å². The SMILES string of the molecule is CCc1cnc(N2CCC(CCOCc3ccc(CC(O)N4CC(CO)C4)c(F)c3)CC2)nc1. The normalized spacial score (nSPS) is 18.8. The van der Waals surface area contributed by atoms with Crippen molar-refractivity contribution in [2.24, 2.45) is 11.8 Å². The minimum Gasteiger partial charge on any atom is -0.396 e. The van der Waals surface area contributed by atoms with E-state index in [-0.39, 0.29) is 24.8 Å². The summed E-state index contributed by atoms with van der Waals surface area (Å²) in [6, 6.07) is 5.13. The van der Waals surface area contributed by atoms with Gasteiger partial charge in [-0.15, -0.1) is 0 Å². The van der Waals surface area contributed by atoms with E-state index in [0.717, 1.165) is 55.8 Å². The van der Waals surface area contributed by atoms with Crippen molar-refractivity contribution in [2.75, 3.05) is 44.3 Å². The number of rotatable bonds is 11. The maximum Gasteiger partial charge on any atom is 0.225 e. The Morgan fingerprint density at radius 2 is 1.85 bits per heavy atom. The van der Waals surface area contributed by atoms with Gasteiger partial charge in [-0.1, -0.05) is 19.1 Å². The molecule has 2 saturated heterocycles. The maximum absolute atomic E-state index is 14.5. The van der Waals surface area contributed by atoms with Crippen LogP contribution < -0.4 is 4.90 Å². The van der Waals surface area contributed by atoms with Gasteiger partial charge in [-0.2, -0.15) is 0 Å². The van der Waals surface area contributed by atoms with Gasteiger partial charge in [-0.05, 0) is 54.4 Å². The Morgan fingerprint density at radius 1 is 1.12 bits per heavy atom. The Morgan fingerprint density at radius 3 is 2.50 bits per heavy atom. The van der Waals surface area contributed by atoms with E-state index in [1.807, 2.05) is 23.4 Å². The van der Waals surface area contributed by atoms with Gasteiger partial charge in [0, 0.05) is 64.1 Å². The number of halogens is 1. The third kappa shape index (κ3) is 6.50. The first-order valence-electron chi connectivity index (χ1n) is 12.5. The molecule has 0 aliphatic carbocycles. The van der Waals surface area contributed by atoms with Crippen LogP contribution in [-0.2, 0) is 24.2 Å². The Hall–Kier alpha value is -2.13. The summed E-state index contributed by atoms with van der Waals surface area (Å²) in [6.07, 6.45) is 7.52. The molecule has 1 aromatic heterocycles. The topological polar surface area (TPSA) is 82.0 Å². The molecular formula is C26H37FN4O3. The molecule has 2 aliphatic rings. The molecule has 1 atom stereocenters. The van der Waals surface area contributed by atoms with Crippen molar-refractivity contribution in [3.05, 3.63) is 53.1 Å². The second kappa shape index (κ2) is 12.0. The number of aliphatic hydroxyl groups is 2. The van der Waals surface area contributed by atoms with Gasteiger partial charge in [0.25, 0.3) is 0 Å². The van der Waals surface area contributed by atoms with Crippen LogP contribution in [0.15, 0.2) is 30.6 Å². The monoisotopic (exact) mass is 472 g/mol. The number of hydrogen-bond donors (Lipinski definition) is 2. The molecule has 2 aromatic rings. The Labute approximate surface area is 201 Å². The fourth-order valence-electron chi connectivity index (χ4n) is 4.70. The summed E-state index contributed by atoms with van der Waals surface area (Å²) in [5.74, 6) is 1.36. The fraction of sp³-hybridized carbons (Fsp3) is 0.615. The molecule has 0 bridgehead atoms. The van der Waals surface area contributed by atoms with Gasteiger partial charge in [-0.3, -0.25) is 4.90 Å². The second-order valence-corrected chi connectivity index (χ2v) is 9.63. The lowest BCUT2D eigenvalue weighted by atomic mass is 9.94. The smallest absolute Gasteiger partial charge is 0.225 e. The number of anilines is 1. The van der Waals surface area contributed by atoms with Gasteiger partial charge in [0.2, 0.25) is 5.95 Å². The Balaban J connectivity index is 1.13. The molecule has 8 heteroatoms.